The number of nitrogens with zero attached hydrogens (tertiary/aromatic N) is 3. The summed E-state index contributed by atoms with van der Waals surface area (Å²) in [4.78, 5) is 13.3. The van der Waals surface area contributed by atoms with Gasteiger partial charge in [0, 0.05) is 19.8 Å². The molecule has 0 spiro atoms. The van der Waals surface area contributed by atoms with E-state index in [9.17, 15) is 9.90 Å². The van der Waals surface area contributed by atoms with Gasteiger partial charge in [-0.25, -0.2) is 0 Å². The van der Waals surface area contributed by atoms with Gasteiger partial charge in [-0.15, -0.1) is 0 Å². The maximum Gasteiger partial charge on any atom is 0.323 e. The zero-order valence-electron chi connectivity index (χ0n) is 9.68. The highest BCUT2D eigenvalue weighted by Gasteiger charge is 2.43. The quantitative estimate of drug-likeness (QED) is 0.825. The monoisotopic (exact) mass is 223 g/mol. The Kier molecular flexibility index (Phi) is 2.71. The van der Waals surface area contributed by atoms with E-state index in [1.165, 1.54) is 0 Å². The van der Waals surface area contributed by atoms with Crippen LogP contribution in [-0.2, 0) is 18.4 Å². The molecule has 1 saturated heterocycles. The molecule has 1 aliphatic heterocycles. The van der Waals surface area contributed by atoms with Crippen molar-refractivity contribution in [2.75, 3.05) is 6.54 Å². The van der Waals surface area contributed by atoms with Crippen LogP contribution < -0.4 is 0 Å². The Morgan fingerprint density at radius 3 is 3.00 bits per heavy atom. The van der Waals surface area contributed by atoms with Crippen LogP contribution in [-0.4, -0.2) is 37.8 Å². The molecule has 16 heavy (non-hydrogen) atoms. The first-order chi connectivity index (χ1) is 7.52. The van der Waals surface area contributed by atoms with E-state index in [1.54, 1.807) is 11.6 Å². The molecule has 1 aliphatic rings. The molecule has 1 atom stereocenters. The molecule has 0 aliphatic carbocycles. The molecule has 1 aromatic heterocycles. The predicted molar refractivity (Wildman–Crippen MR) is 58.9 cm³/mol. The number of carbonyl (C=O) groups is 1. The molecular formula is C11H17N3O2. The van der Waals surface area contributed by atoms with Crippen molar-refractivity contribution in [2.24, 2.45) is 7.05 Å². The van der Waals surface area contributed by atoms with Crippen LogP contribution >= 0.6 is 0 Å². The van der Waals surface area contributed by atoms with Crippen molar-refractivity contribution in [3.63, 3.8) is 0 Å². The Bertz CT molecular complexity index is 402. The minimum Gasteiger partial charge on any atom is -0.480 e. The van der Waals surface area contributed by atoms with E-state index in [0.29, 0.717) is 6.54 Å². The van der Waals surface area contributed by atoms with Gasteiger partial charge in [0.05, 0.1) is 5.69 Å². The summed E-state index contributed by atoms with van der Waals surface area (Å²) in [6.07, 6.45) is 3.54. The van der Waals surface area contributed by atoms with E-state index < -0.39 is 11.5 Å². The smallest absolute Gasteiger partial charge is 0.323 e. The van der Waals surface area contributed by atoms with Crippen LogP contribution in [0.4, 0.5) is 0 Å². The third kappa shape index (κ3) is 1.82. The van der Waals surface area contributed by atoms with Gasteiger partial charge in [0.1, 0.15) is 5.54 Å². The van der Waals surface area contributed by atoms with Crippen molar-refractivity contribution < 1.29 is 9.90 Å². The van der Waals surface area contributed by atoms with Crippen LogP contribution in [0.2, 0.25) is 0 Å². The van der Waals surface area contributed by atoms with Crippen LogP contribution in [0.5, 0.6) is 0 Å². The Hall–Kier alpha value is -1.36. The fraction of sp³-hybridized carbons (Fsp3) is 0.636. The molecule has 2 rings (SSSR count). The summed E-state index contributed by atoms with van der Waals surface area (Å²) in [7, 11) is 1.86. The van der Waals surface area contributed by atoms with E-state index in [-0.39, 0.29) is 0 Å². The predicted octanol–water partition coefficient (Wildman–Crippen LogP) is 0.859. The second-order valence-corrected chi connectivity index (χ2v) is 4.58. The van der Waals surface area contributed by atoms with Gasteiger partial charge in [-0.3, -0.25) is 14.4 Å². The van der Waals surface area contributed by atoms with Crippen molar-refractivity contribution in [3.8, 4) is 0 Å². The van der Waals surface area contributed by atoms with Crippen LogP contribution in [0.3, 0.4) is 0 Å². The largest absolute Gasteiger partial charge is 0.480 e. The van der Waals surface area contributed by atoms with Crippen LogP contribution in [0.25, 0.3) is 0 Å². The maximum atomic E-state index is 11.3. The fourth-order valence-corrected chi connectivity index (χ4v) is 2.26. The maximum absolute atomic E-state index is 11.3. The third-order valence-corrected chi connectivity index (χ3v) is 3.37. The summed E-state index contributed by atoms with van der Waals surface area (Å²) in [5.74, 6) is -0.735. The number of aliphatic carboxylic acids is 1. The van der Waals surface area contributed by atoms with Gasteiger partial charge in [-0.05, 0) is 32.4 Å². The molecule has 1 unspecified atom stereocenters. The second kappa shape index (κ2) is 3.90. The van der Waals surface area contributed by atoms with Crippen molar-refractivity contribution in [1.29, 1.82) is 0 Å². The minimum absolute atomic E-state index is 0.615. The zero-order chi connectivity index (χ0) is 11.8. The molecule has 88 valence electrons. The van der Waals surface area contributed by atoms with Gasteiger partial charge in [0.2, 0.25) is 0 Å². The Morgan fingerprint density at radius 1 is 1.69 bits per heavy atom. The molecule has 0 aromatic carbocycles. The average Bonchev–Trinajstić information content (AvgIpc) is 2.76. The third-order valence-electron chi connectivity index (χ3n) is 3.37. The van der Waals surface area contributed by atoms with Crippen molar-refractivity contribution >= 4 is 5.97 Å². The van der Waals surface area contributed by atoms with E-state index in [1.807, 2.05) is 24.2 Å². The number of hydrogen-bond acceptors (Lipinski definition) is 3. The number of aryl methyl sites for hydroxylation is 1. The number of likely N-dealkylation sites (tertiary alicyclic amines) is 1. The van der Waals surface area contributed by atoms with Gasteiger partial charge in [0.15, 0.2) is 0 Å². The Balaban J connectivity index is 2.12. The normalized spacial score (nSPS) is 26.1. The molecule has 1 aromatic rings. The molecule has 0 radical (unpaired) electrons. The summed E-state index contributed by atoms with van der Waals surface area (Å²) in [6.45, 7) is 3.24. The van der Waals surface area contributed by atoms with Gasteiger partial charge in [-0.2, -0.15) is 5.10 Å². The van der Waals surface area contributed by atoms with E-state index in [4.69, 9.17) is 0 Å². The first kappa shape index (κ1) is 11.1. The standard InChI is InChI=1S/C11H17N3O2/c1-11(10(15)16)5-3-6-14(11)8-9-4-7-13(2)12-9/h4,7H,3,5-6,8H2,1-2H3,(H,15,16). The molecule has 1 N–H and O–H groups in total. The summed E-state index contributed by atoms with van der Waals surface area (Å²) in [5, 5.41) is 13.5. The second-order valence-electron chi connectivity index (χ2n) is 4.58. The summed E-state index contributed by atoms with van der Waals surface area (Å²) < 4.78 is 1.74. The van der Waals surface area contributed by atoms with Gasteiger partial charge >= 0.3 is 5.97 Å². The molecule has 2 heterocycles. The first-order valence-corrected chi connectivity index (χ1v) is 5.49. The topological polar surface area (TPSA) is 58.4 Å². The number of rotatable bonds is 3. The van der Waals surface area contributed by atoms with Crippen molar-refractivity contribution in [3.05, 3.63) is 18.0 Å². The van der Waals surface area contributed by atoms with Crippen molar-refractivity contribution in [2.45, 2.75) is 31.8 Å². The Labute approximate surface area is 94.7 Å². The van der Waals surface area contributed by atoms with E-state index in [0.717, 1.165) is 25.1 Å². The van der Waals surface area contributed by atoms with Gasteiger partial charge < -0.3 is 5.11 Å². The van der Waals surface area contributed by atoms with Crippen LogP contribution in [0.15, 0.2) is 12.3 Å². The van der Waals surface area contributed by atoms with Gasteiger partial charge in [0.25, 0.3) is 0 Å². The number of aromatic nitrogens is 2. The van der Waals surface area contributed by atoms with Crippen LogP contribution in [0.1, 0.15) is 25.5 Å². The molecule has 0 saturated carbocycles. The van der Waals surface area contributed by atoms with Crippen LogP contribution in [0, 0.1) is 0 Å². The number of carboxylic acid groups (broad SMARTS) is 1. The highest BCUT2D eigenvalue weighted by atomic mass is 16.4. The summed E-state index contributed by atoms with van der Waals surface area (Å²) in [5.41, 5.74) is 0.203. The Morgan fingerprint density at radius 2 is 2.44 bits per heavy atom. The van der Waals surface area contributed by atoms with Gasteiger partial charge in [-0.1, -0.05) is 0 Å². The van der Waals surface area contributed by atoms with E-state index >= 15 is 0 Å². The highest BCUT2D eigenvalue weighted by molar-refractivity contribution is 5.78. The lowest BCUT2D eigenvalue weighted by atomic mass is 9.99. The number of hydrogen-bond donors (Lipinski definition) is 1. The average molecular weight is 223 g/mol. The lowest BCUT2D eigenvalue weighted by Crippen LogP contribution is -2.47. The SMILES string of the molecule is Cn1ccc(CN2CCCC2(C)C(=O)O)n1. The van der Waals surface area contributed by atoms with Crippen molar-refractivity contribution in [1.82, 2.24) is 14.7 Å². The summed E-state index contributed by atoms with van der Waals surface area (Å²) in [6, 6.07) is 1.93. The fourth-order valence-electron chi connectivity index (χ4n) is 2.26. The first-order valence-electron chi connectivity index (χ1n) is 5.49. The molecule has 0 bridgehead atoms. The lowest BCUT2D eigenvalue weighted by molar-refractivity contribution is -0.148. The molecule has 0 amide bonds. The summed E-state index contributed by atoms with van der Waals surface area (Å²) >= 11 is 0. The zero-order valence-corrected chi connectivity index (χ0v) is 9.68. The number of carboxylic acids is 1. The molecule has 5 heteroatoms. The molecule has 5 nitrogen and oxygen atoms in total. The highest BCUT2D eigenvalue weighted by Crippen LogP contribution is 2.30. The lowest BCUT2D eigenvalue weighted by Gasteiger charge is -2.30. The minimum atomic E-state index is -0.735. The molecule has 1 fully saturated rings. The molecular weight excluding hydrogens is 206 g/mol. The van der Waals surface area contributed by atoms with E-state index in [2.05, 4.69) is 5.10 Å².